The van der Waals surface area contributed by atoms with Crippen LogP contribution in [-0.2, 0) is 11.2 Å². The van der Waals surface area contributed by atoms with E-state index in [0.29, 0.717) is 5.90 Å². The first kappa shape index (κ1) is 17.0. The van der Waals surface area contributed by atoms with Crippen LogP contribution in [0.2, 0.25) is 0 Å². The Balaban J connectivity index is 1.64. The molecule has 2 unspecified atom stereocenters. The number of benzene rings is 3. The van der Waals surface area contributed by atoms with Gasteiger partial charge in [0.1, 0.15) is 6.10 Å². The molecule has 3 aromatic carbocycles. The third-order valence-corrected chi connectivity index (χ3v) is 4.61. The highest BCUT2D eigenvalue weighted by Gasteiger charge is 2.33. The average molecular weight is 358 g/mol. The summed E-state index contributed by atoms with van der Waals surface area (Å²) in [7, 11) is 0. The zero-order valence-corrected chi connectivity index (χ0v) is 14.6. The van der Waals surface area contributed by atoms with Crippen molar-refractivity contribution in [2.24, 2.45) is 4.99 Å². The molecule has 0 aliphatic carbocycles. The molecule has 0 amide bonds. The van der Waals surface area contributed by atoms with Gasteiger partial charge in [0.15, 0.2) is 0 Å². The molecule has 4 rings (SSSR count). The maximum absolute atomic E-state index is 10.9. The minimum atomic E-state index is -0.411. The Morgan fingerprint density at radius 1 is 0.889 bits per heavy atom. The summed E-state index contributed by atoms with van der Waals surface area (Å²) in [6, 6.07) is 26.5. The minimum absolute atomic E-state index is 0.0535. The lowest BCUT2D eigenvalue weighted by atomic mass is 9.97. The third kappa shape index (κ3) is 3.72. The van der Waals surface area contributed by atoms with Gasteiger partial charge < -0.3 is 4.74 Å². The first-order valence-corrected chi connectivity index (χ1v) is 8.79. The van der Waals surface area contributed by atoms with Gasteiger partial charge in [-0.2, -0.15) is 0 Å². The van der Waals surface area contributed by atoms with Gasteiger partial charge in [-0.25, -0.2) is 4.99 Å². The number of ether oxygens (including phenoxy) is 1. The zero-order valence-electron chi connectivity index (χ0n) is 14.6. The quantitative estimate of drug-likeness (QED) is 0.489. The molecule has 27 heavy (non-hydrogen) atoms. The van der Waals surface area contributed by atoms with E-state index in [1.165, 1.54) is 17.7 Å². The molecule has 0 saturated carbocycles. The number of aliphatic imine (C=N–C) groups is 1. The van der Waals surface area contributed by atoms with Gasteiger partial charge in [0.05, 0.1) is 11.0 Å². The summed E-state index contributed by atoms with van der Waals surface area (Å²) in [4.78, 5) is 15.3. The molecule has 134 valence electrons. The third-order valence-electron chi connectivity index (χ3n) is 4.61. The van der Waals surface area contributed by atoms with Crippen LogP contribution >= 0.6 is 0 Å². The molecule has 3 aromatic rings. The van der Waals surface area contributed by atoms with Crippen molar-refractivity contribution < 1.29 is 9.66 Å². The molecule has 0 fully saturated rings. The van der Waals surface area contributed by atoms with Crippen molar-refractivity contribution >= 4 is 11.6 Å². The van der Waals surface area contributed by atoms with Crippen molar-refractivity contribution in [2.75, 3.05) is 0 Å². The number of nitro benzene ring substituents is 1. The Bertz CT molecular complexity index is 954. The van der Waals surface area contributed by atoms with E-state index in [2.05, 4.69) is 12.1 Å². The van der Waals surface area contributed by atoms with Crippen LogP contribution < -0.4 is 0 Å². The normalized spacial score (nSPS) is 18.6. The maximum Gasteiger partial charge on any atom is 0.269 e. The SMILES string of the molecule is O=[N+]([O-])c1ccc(C2=NC(Cc3ccccc3)C(c3ccccc3)O2)cc1. The second-order valence-corrected chi connectivity index (χ2v) is 6.44. The smallest absolute Gasteiger partial charge is 0.269 e. The van der Waals surface area contributed by atoms with Gasteiger partial charge in [-0.05, 0) is 29.7 Å². The van der Waals surface area contributed by atoms with Crippen molar-refractivity contribution in [2.45, 2.75) is 18.6 Å². The van der Waals surface area contributed by atoms with Crippen molar-refractivity contribution in [1.82, 2.24) is 0 Å². The van der Waals surface area contributed by atoms with E-state index in [1.54, 1.807) is 12.1 Å². The second-order valence-electron chi connectivity index (χ2n) is 6.44. The van der Waals surface area contributed by atoms with Crippen LogP contribution in [-0.4, -0.2) is 16.9 Å². The Labute approximate surface area is 157 Å². The van der Waals surface area contributed by atoms with E-state index in [-0.39, 0.29) is 17.8 Å². The van der Waals surface area contributed by atoms with Crippen LogP contribution in [0, 0.1) is 10.1 Å². The number of nitrogens with zero attached hydrogens (tertiary/aromatic N) is 2. The summed E-state index contributed by atoms with van der Waals surface area (Å²) in [6.45, 7) is 0. The topological polar surface area (TPSA) is 64.7 Å². The van der Waals surface area contributed by atoms with Crippen LogP contribution in [0.15, 0.2) is 89.9 Å². The standard InChI is InChI=1S/C22H18N2O3/c25-24(26)19-13-11-18(12-14-19)22-23-20(15-16-7-3-1-4-8-16)21(27-22)17-9-5-2-6-10-17/h1-14,20-21H,15H2. The first-order chi connectivity index (χ1) is 13.2. The molecule has 1 heterocycles. The van der Waals surface area contributed by atoms with Gasteiger partial charge in [0.25, 0.3) is 5.69 Å². The largest absolute Gasteiger partial charge is 0.467 e. The number of nitro groups is 1. The number of rotatable bonds is 5. The highest BCUT2D eigenvalue weighted by Crippen LogP contribution is 2.33. The summed E-state index contributed by atoms with van der Waals surface area (Å²) < 4.78 is 6.20. The number of hydrogen-bond acceptors (Lipinski definition) is 4. The van der Waals surface area contributed by atoms with Gasteiger partial charge >= 0.3 is 0 Å². The summed E-state index contributed by atoms with van der Waals surface area (Å²) in [5, 5.41) is 10.9. The Hall–Kier alpha value is -3.47. The summed E-state index contributed by atoms with van der Waals surface area (Å²) in [5.41, 5.74) is 3.06. The lowest BCUT2D eigenvalue weighted by molar-refractivity contribution is -0.384. The van der Waals surface area contributed by atoms with E-state index in [4.69, 9.17) is 9.73 Å². The molecule has 1 aliphatic heterocycles. The van der Waals surface area contributed by atoms with Gasteiger partial charge in [0.2, 0.25) is 5.90 Å². The van der Waals surface area contributed by atoms with E-state index >= 15 is 0 Å². The van der Waals surface area contributed by atoms with Crippen LogP contribution in [0.5, 0.6) is 0 Å². The molecular formula is C22H18N2O3. The van der Waals surface area contributed by atoms with Crippen molar-refractivity contribution in [3.05, 3.63) is 112 Å². The van der Waals surface area contributed by atoms with Crippen molar-refractivity contribution in [3.63, 3.8) is 0 Å². The van der Waals surface area contributed by atoms with E-state index in [0.717, 1.165) is 17.5 Å². The predicted octanol–water partition coefficient (Wildman–Crippen LogP) is 4.72. The van der Waals surface area contributed by atoms with E-state index in [9.17, 15) is 10.1 Å². The first-order valence-electron chi connectivity index (χ1n) is 8.79. The molecule has 5 heteroatoms. The highest BCUT2D eigenvalue weighted by molar-refractivity contribution is 5.95. The number of hydrogen-bond donors (Lipinski definition) is 0. The van der Waals surface area contributed by atoms with Gasteiger partial charge in [-0.3, -0.25) is 10.1 Å². The summed E-state index contributed by atoms with van der Waals surface area (Å²) >= 11 is 0. The van der Waals surface area contributed by atoms with Gasteiger partial charge in [0, 0.05) is 17.7 Å². The molecule has 2 atom stereocenters. The highest BCUT2D eigenvalue weighted by atomic mass is 16.6. The lowest BCUT2D eigenvalue weighted by Crippen LogP contribution is -2.16. The monoisotopic (exact) mass is 358 g/mol. The average Bonchev–Trinajstić information content (AvgIpc) is 3.13. The van der Waals surface area contributed by atoms with Crippen LogP contribution in [0.1, 0.15) is 22.8 Å². The molecule has 0 N–H and O–H groups in total. The van der Waals surface area contributed by atoms with Gasteiger partial charge in [-0.1, -0.05) is 60.7 Å². The summed E-state index contributed by atoms with van der Waals surface area (Å²) in [5.74, 6) is 0.527. The molecule has 1 aliphatic rings. The van der Waals surface area contributed by atoms with Crippen LogP contribution in [0.4, 0.5) is 5.69 Å². The Kier molecular flexibility index (Phi) is 4.66. The molecule has 0 saturated heterocycles. The molecular weight excluding hydrogens is 340 g/mol. The minimum Gasteiger partial charge on any atom is -0.467 e. The fourth-order valence-corrected chi connectivity index (χ4v) is 3.26. The summed E-state index contributed by atoms with van der Waals surface area (Å²) in [6.07, 6.45) is 0.577. The molecule has 5 nitrogen and oxygen atoms in total. The fourth-order valence-electron chi connectivity index (χ4n) is 3.26. The molecule has 0 radical (unpaired) electrons. The molecule has 0 spiro atoms. The Morgan fingerprint density at radius 3 is 2.15 bits per heavy atom. The fraction of sp³-hybridized carbons (Fsp3) is 0.136. The van der Waals surface area contributed by atoms with E-state index in [1.807, 2.05) is 48.5 Å². The van der Waals surface area contributed by atoms with Crippen LogP contribution in [0.3, 0.4) is 0 Å². The van der Waals surface area contributed by atoms with Gasteiger partial charge in [-0.15, -0.1) is 0 Å². The molecule has 0 bridgehead atoms. The number of non-ortho nitro benzene ring substituents is 1. The maximum atomic E-state index is 10.9. The predicted molar refractivity (Wildman–Crippen MR) is 104 cm³/mol. The Morgan fingerprint density at radius 2 is 1.52 bits per heavy atom. The molecule has 0 aromatic heterocycles. The van der Waals surface area contributed by atoms with Crippen molar-refractivity contribution in [3.8, 4) is 0 Å². The second kappa shape index (κ2) is 7.41. The van der Waals surface area contributed by atoms with Crippen LogP contribution in [0.25, 0.3) is 0 Å². The lowest BCUT2D eigenvalue weighted by Gasteiger charge is -2.18. The van der Waals surface area contributed by atoms with E-state index < -0.39 is 4.92 Å². The zero-order chi connectivity index (χ0) is 18.6. The van der Waals surface area contributed by atoms with Crippen molar-refractivity contribution in [1.29, 1.82) is 0 Å².